The van der Waals surface area contributed by atoms with E-state index >= 15 is 0 Å². The quantitative estimate of drug-likeness (QED) is 0.230. The smallest absolute Gasteiger partial charge is 0.267 e. The van der Waals surface area contributed by atoms with Crippen LogP contribution in [0.25, 0.3) is 10.2 Å². The van der Waals surface area contributed by atoms with Crippen LogP contribution < -0.4 is 5.01 Å². The molecule has 4 aromatic rings. The van der Waals surface area contributed by atoms with Crippen LogP contribution in [0.3, 0.4) is 0 Å². The summed E-state index contributed by atoms with van der Waals surface area (Å²) in [5, 5.41) is 6.34. The van der Waals surface area contributed by atoms with E-state index in [1.165, 1.54) is 16.3 Å². The highest BCUT2D eigenvalue weighted by Gasteiger charge is 2.21. The third kappa shape index (κ3) is 4.22. The fraction of sp³-hybridized carbons (Fsp3) is 0. The van der Waals surface area contributed by atoms with Gasteiger partial charge in [0.2, 0.25) is 5.13 Å². The van der Waals surface area contributed by atoms with Crippen LogP contribution in [0, 0.1) is 0 Å². The van der Waals surface area contributed by atoms with Gasteiger partial charge >= 0.3 is 0 Å². The summed E-state index contributed by atoms with van der Waals surface area (Å²) < 4.78 is 2.86. The van der Waals surface area contributed by atoms with Gasteiger partial charge in [0.25, 0.3) is 5.91 Å². The number of carbonyl (C=O) groups is 1. The van der Waals surface area contributed by atoms with E-state index in [2.05, 4.69) is 41.9 Å². The minimum absolute atomic E-state index is 0.238. The van der Waals surface area contributed by atoms with E-state index in [0.29, 0.717) is 10.7 Å². The number of hydrogen-bond acceptors (Lipinski definition) is 4. The molecule has 0 aliphatic rings. The number of benzene rings is 3. The third-order valence-electron chi connectivity index (χ3n) is 3.93. The van der Waals surface area contributed by atoms with Gasteiger partial charge in [-0.25, -0.2) is 4.98 Å². The number of thiazole rings is 1. The van der Waals surface area contributed by atoms with E-state index in [-0.39, 0.29) is 5.91 Å². The summed E-state index contributed by atoms with van der Waals surface area (Å²) in [6.45, 7) is 0. The maximum Gasteiger partial charge on any atom is 0.280 e. The van der Waals surface area contributed by atoms with Gasteiger partial charge < -0.3 is 0 Å². The fourth-order valence-corrected chi connectivity index (χ4v) is 4.28. The summed E-state index contributed by atoms with van der Waals surface area (Å²) in [5.74, 6) is -0.238. The van der Waals surface area contributed by atoms with Crippen LogP contribution in [0.5, 0.6) is 0 Å². The van der Waals surface area contributed by atoms with Crippen LogP contribution in [-0.2, 0) is 0 Å². The van der Waals surface area contributed by atoms with Crippen molar-refractivity contribution in [3.63, 3.8) is 0 Å². The SMILES string of the molecule is O=C(c1ccc(Br)cc1)N(/N=C/c1ccccc1)c1nc2ccc(Br)cc2s1. The van der Waals surface area contributed by atoms with Crippen LogP contribution in [0.2, 0.25) is 0 Å². The molecule has 7 heteroatoms. The largest absolute Gasteiger partial charge is 0.280 e. The van der Waals surface area contributed by atoms with E-state index < -0.39 is 0 Å². The number of anilines is 1. The van der Waals surface area contributed by atoms with E-state index in [1.54, 1.807) is 18.3 Å². The average molecular weight is 515 g/mol. The number of hydrazone groups is 1. The van der Waals surface area contributed by atoms with Crippen LogP contribution in [-0.4, -0.2) is 17.1 Å². The normalized spacial score (nSPS) is 11.2. The standard InChI is InChI=1S/C21H13Br2N3OS/c22-16-8-6-15(7-9-16)20(27)26(24-13-14-4-2-1-3-5-14)21-25-18-11-10-17(23)12-19(18)28-21/h1-13H/b24-13+. The Labute approximate surface area is 182 Å². The lowest BCUT2D eigenvalue weighted by atomic mass is 10.2. The first-order valence-electron chi connectivity index (χ1n) is 8.35. The minimum atomic E-state index is -0.238. The maximum atomic E-state index is 13.2. The lowest BCUT2D eigenvalue weighted by Crippen LogP contribution is -2.25. The van der Waals surface area contributed by atoms with E-state index in [9.17, 15) is 4.79 Å². The first kappa shape index (κ1) is 19.0. The van der Waals surface area contributed by atoms with Gasteiger partial charge in [0.05, 0.1) is 16.4 Å². The molecule has 0 radical (unpaired) electrons. The number of fused-ring (bicyclic) bond motifs is 1. The van der Waals surface area contributed by atoms with Crippen molar-refractivity contribution in [3.8, 4) is 0 Å². The van der Waals surface area contributed by atoms with Crippen molar-refractivity contribution in [2.24, 2.45) is 5.10 Å². The maximum absolute atomic E-state index is 13.2. The van der Waals surface area contributed by atoms with Crippen LogP contribution >= 0.6 is 43.2 Å². The molecule has 1 amide bonds. The minimum Gasteiger partial charge on any atom is -0.267 e. The first-order chi connectivity index (χ1) is 13.6. The van der Waals surface area contributed by atoms with Gasteiger partial charge in [0, 0.05) is 14.5 Å². The molecule has 0 unspecified atom stereocenters. The Hall–Kier alpha value is -2.35. The molecule has 0 fully saturated rings. The molecule has 138 valence electrons. The second-order valence-corrected chi connectivity index (χ2v) is 8.73. The van der Waals surface area contributed by atoms with Crippen molar-refractivity contribution < 1.29 is 4.79 Å². The molecule has 1 heterocycles. The van der Waals surface area contributed by atoms with Gasteiger partial charge in [0.15, 0.2) is 0 Å². The summed E-state index contributed by atoms with van der Waals surface area (Å²) in [5.41, 5.74) is 2.26. The van der Waals surface area contributed by atoms with Crippen LogP contribution in [0.15, 0.2) is 86.8 Å². The van der Waals surface area contributed by atoms with Gasteiger partial charge in [-0.15, -0.1) is 0 Å². The highest BCUT2D eigenvalue weighted by Crippen LogP contribution is 2.32. The highest BCUT2D eigenvalue weighted by atomic mass is 79.9. The van der Waals surface area contributed by atoms with E-state index in [1.807, 2.05) is 60.7 Å². The highest BCUT2D eigenvalue weighted by molar-refractivity contribution is 9.10. The molecule has 0 aliphatic heterocycles. The zero-order valence-electron chi connectivity index (χ0n) is 14.4. The average Bonchev–Trinajstić information content (AvgIpc) is 3.12. The second kappa shape index (κ2) is 8.34. The lowest BCUT2D eigenvalue weighted by molar-refractivity contribution is 0.0988. The molecule has 0 spiro atoms. The Bertz CT molecular complexity index is 1160. The monoisotopic (exact) mass is 513 g/mol. The predicted octanol–water partition coefficient (Wildman–Crippen LogP) is 6.50. The number of carbonyl (C=O) groups excluding carboxylic acids is 1. The predicted molar refractivity (Wildman–Crippen MR) is 122 cm³/mol. The van der Waals surface area contributed by atoms with Crippen LogP contribution in [0.4, 0.5) is 5.13 Å². The van der Waals surface area contributed by atoms with Crippen LogP contribution in [0.1, 0.15) is 15.9 Å². The van der Waals surface area contributed by atoms with Gasteiger partial charge in [-0.1, -0.05) is 73.5 Å². The summed E-state index contributed by atoms with van der Waals surface area (Å²) in [6.07, 6.45) is 1.67. The molecule has 4 nitrogen and oxygen atoms in total. The number of halogens is 2. The molecule has 0 saturated carbocycles. The van der Waals surface area contributed by atoms with Gasteiger partial charge in [-0.05, 0) is 48.0 Å². The fourth-order valence-electron chi connectivity index (χ4n) is 2.54. The van der Waals surface area contributed by atoms with Gasteiger partial charge in [-0.2, -0.15) is 10.1 Å². The van der Waals surface area contributed by atoms with Crippen molar-refractivity contribution in [3.05, 3.63) is 92.9 Å². The molecule has 0 saturated heterocycles. The van der Waals surface area contributed by atoms with Gasteiger partial charge in [0.1, 0.15) is 0 Å². The Morgan fingerprint density at radius 2 is 1.68 bits per heavy atom. The van der Waals surface area contributed by atoms with E-state index in [0.717, 1.165) is 24.7 Å². The molecule has 4 rings (SSSR count). The first-order valence-corrected chi connectivity index (χ1v) is 10.8. The number of amides is 1. The van der Waals surface area contributed by atoms with Crippen molar-refractivity contribution >= 4 is 70.7 Å². The molecule has 0 atom stereocenters. The number of rotatable bonds is 4. The zero-order chi connectivity index (χ0) is 19.5. The number of hydrogen-bond donors (Lipinski definition) is 0. The Morgan fingerprint density at radius 1 is 0.964 bits per heavy atom. The molecule has 1 aromatic heterocycles. The lowest BCUT2D eigenvalue weighted by Gasteiger charge is -2.13. The van der Waals surface area contributed by atoms with Crippen molar-refractivity contribution in [1.29, 1.82) is 0 Å². The topological polar surface area (TPSA) is 45.6 Å². The Balaban J connectivity index is 1.76. The Morgan fingerprint density at radius 3 is 2.43 bits per heavy atom. The van der Waals surface area contributed by atoms with Crippen molar-refractivity contribution in [1.82, 2.24) is 4.98 Å². The van der Waals surface area contributed by atoms with Gasteiger partial charge in [-0.3, -0.25) is 4.79 Å². The summed E-state index contributed by atoms with van der Waals surface area (Å²) >= 11 is 8.30. The van der Waals surface area contributed by atoms with E-state index in [4.69, 9.17) is 0 Å². The molecular formula is C21H13Br2N3OS. The Kier molecular flexibility index (Phi) is 5.66. The molecule has 28 heavy (non-hydrogen) atoms. The number of aromatic nitrogens is 1. The van der Waals surface area contributed by atoms with Crippen molar-refractivity contribution in [2.45, 2.75) is 0 Å². The molecule has 3 aromatic carbocycles. The molecule has 0 N–H and O–H groups in total. The third-order valence-corrected chi connectivity index (χ3v) is 5.94. The molecule has 0 bridgehead atoms. The van der Waals surface area contributed by atoms with Crippen molar-refractivity contribution in [2.75, 3.05) is 5.01 Å². The summed E-state index contributed by atoms with van der Waals surface area (Å²) in [4.78, 5) is 17.8. The summed E-state index contributed by atoms with van der Waals surface area (Å²) in [6, 6.07) is 22.7. The number of nitrogens with zero attached hydrogens (tertiary/aromatic N) is 3. The summed E-state index contributed by atoms with van der Waals surface area (Å²) in [7, 11) is 0. The second-order valence-electron chi connectivity index (χ2n) is 5.89. The zero-order valence-corrected chi connectivity index (χ0v) is 18.4. The molecular weight excluding hydrogens is 502 g/mol. The molecule has 0 aliphatic carbocycles.